The molecule has 1 N–H and O–H groups in total. The van der Waals surface area contributed by atoms with E-state index in [4.69, 9.17) is 0 Å². The number of amides is 1. The largest absolute Gasteiger partial charge is 0.322 e. The third-order valence-corrected chi connectivity index (χ3v) is 10.5. The van der Waals surface area contributed by atoms with Crippen LogP contribution in [0.4, 0.5) is 10.1 Å². The van der Waals surface area contributed by atoms with Gasteiger partial charge in [0.05, 0.1) is 18.5 Å². The quantitative estimate of drug-likeness (QED) is 0.679. The molecule has 0 aliphatic rings. The molecule has 0 aliphatic heterocycles. The topological polar surface area (TPSA) is 29.1 Å². The molecule has 0 heterocycles. The summed E-state index contributed by atoms with van der Waals surface area (Å²) in [6.45, 7) is 12.3. The zero-order valence-corrected chi connectivity index (χ0v) is 18.4. The van der Waals surface area contributed by atoms with Gasteiger partial charge in [0, 0.05) is 45.7 Å². The van der Waals surface area contributed by atoms with Crippen LogP contribution in [-0.2, 0) is 37.5 Å². The van der Waals surface area contributed by atoms with Gasteiger partial charge in [-0.3, -0.25) is 4.79 Å². The number of nitrogens with one attached hydrogen (secondary N) is 1. The summed E-state index contributed by atoms with van der Waals surface area (Å²) in [6, 6.07) is 2.93. The second-order valence-corrected chi connectivity index (χ2v) is 10.9. The van der Waals surface area contributed by atoms with E-state index in [0.29, 0.717) is 0 Å². The molecule has 0 spiro atoms. The molecule has 1 radical (unpaired) electrons. The summed E-state index contributed by atoms with van der Waals surface area (Å²) in [6.07, 6.45) is 3.28. The second-order valence-electron chi connectivity index (χ2n) is 5.75. The molecule has 0 bridgehead atoms. The Bertz CT molecular complexity index is 486. The van der Waals surface area contributed by atoms with E-state index < -0.39 is 7.26 Å². The van der Waals surface area contributed by atoms with Crippen molar-refractivity contribution in [3.63, 3.8) is 0 Å². The summed E-state index contributed by atoms with van der Waals surface area (Å²) >= 11 is 0. The Labute approximate surface area is 160 Å². The summed E-state index contributed by atoms with van der Waals surface area (Å²) in [4.78, 5) is 12.6. The monoisotopic (exact) mass is 401 g/mol. The van der Waals surface area contributed by atoms with Gasteiger partial charge in [0.25, 0.3) is 5.91 Å². The van der Waals surface area contributed by atoms with Gasteiger partial charge in [-0.05, 0) is 64.8 Å². The summed E-state index contributed by atoms with van der Waals surface area (Å²) in [5, 5.41) is 3.04. The molecular formula is C17H28FNOPY+. The van der Waals surface area contributed by atoms with E-state index in [-0.39, 0.29) is 50.1 Å². The maximum Gasteiger partial charge on any atom is 0.264 e. The van der Waals surface area contributed by atoms with Crippen LogP contribution in [0, 0.1) is 19.7 Å². The van der Waals surface area contributed by atoms with Gasteiger partial charge in [0.15, 0.2) is 0 Å². The fourth-order valence-corrected chi connectivity index (χ4v) is 6.62. The van der Waals surface area contributed by atoms with Crippen LogP contribution < -0.4 is 5.32 Å². The number of aryl methyl sites for hydroxylation is 2. The van der Waals surface area contributed by atoms with Crippen molar-refractivity contribution in [3.8, 4) is 0 Å². The number of carbonyl (C=O) groups is 1. The number of benzene rings is 1. The number of halogens is 1. The maximum atomic E-state index is 13.4. The summed E-state index contributed by atoms with van der Waals surface area (Å²) in [7, 11) is -1.25. The van der Waals surface area contributed by atoms with Crippen LogP contribution in [0.5, 0.6) is 0 Å². The molecule has 2 nitrogen and oxygen atoms in total. The minimum Gasteiger partial charge on any atom is -0.322 e. The number of anilines is 1. The minimum absolute atomic E-state index is 0. The first-order chi connectivity index (χ1) is 9.81. The van der Waals surface area contributed by atoms with Crippen LogP contribution in [0.2, 0.25) is 0 Å². The van der Waals surface area contributed by atoms with Gasteiger partial charge in [-0.25, -0.2) is 4.39 Å². The molecule has 0 fully saturated rings. The van der Waals surface area contributed by atoms with Crippen LogP contribution >= 0.6 is 7.26 Å². The van der Waals surface area contributed by atoms with Crippen molar-refractivity contribution in [1.29, 1.82) is 0 Å². The van der Waals surface area contributed by atoms with E-state index in [1.54, 1.807) is 0 Å². The molecule has 1 aromatic carbocycles. The number of rotatable bonds is 6. The molecule has 1 unspecified atom stereocenters. The van der Waals surface area contributed by atoms with Gasteiger partial charge in [0.1, 0.15) is 11.5 Å². The number of hydrogen-bond acceptors (Lipinski definition) is 1. The van der Waals surface area contributed by atoms with Gasteiger partial charge in [-0.2, -0.15) is 0 Å². The van der Waals surface area contributed by atoms with E-state index in [9.17, 15) is 9.18 Å². The first-order valence-electron chi connectivity index (χ1n) is 7.74. The Morgan fingerprint density at radius 1 is 1.14 bits per heavy atom. The van der Waals surface area contributed by atoms with E-state index in [0.717, 1.165) is 35.3 Å². The van der Waals surface area contributed by atoms with Gasteiger partial charge >= 0.3 is 0 Å². The summed E-state index contributed by atoms with van der Waals surface area (Å²) < 4.78 is 13.4. The van der Waals surface area contributed by atoms with Crippen molar-refractivity contribution >= 4 is 18.9 Å². The molecule has 0 aliphatic carbocycles. The van der Waals surface area contributed by atoms with Gasteiger partial charge < -0.3 is 5.32 Å². The molecule has 1 aromatic rings. The third kappa shape index (κ3) is 4.82. The first kappa shape index (κ1) is 22.2. The van der Waals surface area contributed by atoms with Gasteiger partial charge in [0.2, 0.25) is 0 Å². The molecule has 0 aromatic heterocycles. The predicted molar refractivity (Wildman–Crippen MR) is 92.5 cm³/mol. The smallest absolute Gasteiger partial charge is 0.264 e. The van der Waals surface area contributed by atoms with Crippen LogP contribution in [0.25, 0.3) is 0 Å². The Kier molecular flexibility index (Phi) is 9.52. The van der Waals surface area contributed by atoms with E-state index in [1.165, 1.54) is 12.1 Å². The molecule has 0 saturated carbocycles. The van der Waals surface area contributed by atoms with Gasteiger partial charge in [-0.1, -0.05) is 0 Å². The van der Waals surface area contributed by atoms with Crippen molar-refractivity contribution in [1.82, 2.24) is 0 Å². The van der Waals surface area contributed by atoms with E-state index in [2.05, 4.69) is 26.1 Å². The first-order valence-corrected chi connectivity index (χ1v) is 10.2. The average molecular weight is 401 g/mol. The van der Waals surface area contributed by atoms with Crippen LogP contribution in [0.15, 0.2) is 12.1 Å². The Morgan fingerprint density at radius 2 is 1.55 bits per heavy atom. The van der Waals surface area contributed by atoms with Crippen LogP contribution in [0.3, 0.4) is 0 Å². The van der Waals surface area contributed by atoms with Crippen molar-refractivity contribution in [2.75, 3.05) is 23.8 Å². The average Bonchev–Trinajstić information content (AvgIpc) is 2.44. The minimum atomic E-state index is -1.25. The molecule has 22 heavy (non-hydrogen) atoms. The Morgan fingerprint density at radius 3 is 1.91 bits per heavy atom. The van der Waals surface area contributed by atoms with Gasteiger partial charge in [-0.15, -0.1) is 0 Å². The molecule has 121 valence electrons. The van der Waals surface area contributed by atoms with Crippen LogP contribution in [0.1, 0.15) is 38.8 Å². The fraction of sp³-hybridized carbons (Fsp3) is 0.588. The fourth-order valence-electron chi connectivity index (χ4n) is 3.08. The number of carbonyl (C=O) groups excluding carboxylic acids is 1. The Balaban J connectivity index is 0.00000441. The van der Waals surface area contributed by atoms with Crippen molar-refractivity contribution in [2.45, 2.75) is 47.2 Å². The molecule has 1 rings (SSSR count). The second kappa shape index (κ2) is 9.45. The number of hydrogen-bond donors (Lipinski definition) is 1. The van der Waals surface area contributed by atoms with Crippen LogP contribution in [-0.4, -0.2) is 30.1 Å². The molecule has 1 amide bonds. The molecular weight excluding hydrogens is 373 g/mol. The van der Waals surface area contributed by atoms with E-state index >= 15 is 0 Å². The zero-order valence-electron chi connectivity index (χ0n) is 14.7. The van der Waals surface area contributed by atoms with Crippen molar-refractivity contribution in [2.24, 2.45) is 0 Å². The molecule has 5 heteroatoms. The van der Waals surface area contributed by atoms with E-state index in [1.807, 2.05) is 20.8 Å². The summed E-state index contributed by atoms with van der Waals surface area (Å²) in [5.74, 6) is -0.180. The standard InChI is InChI=1S/C17H27FNOP.Y/c1-7-21(8-2,9-3)14(6)17(20)19-16-12(4)10-15(18)11-13(16)5;/h10-11,14H,7-9H2,1-6H3;/p+1. The van der Waals surface area contributed by atoms with Crippen molar-refractivity contribution in [3.05, 3.63) is 29.1 Å². The van der Waals surface area contributed by atoms with Crippen molar-refractivity contribution < 1.29 is 41.9 Å². The zero-order chi connectivity index (χ0) is 16.2. The molecule has 0 saturated heterocycles. The molecule has 1 atom stereocenters. The maximum absolute atomic E-state index is 13.4. The summed E-state index contributed by atoms with van der Waals surface area (Å²) in [5.41, 5.74) is 2.36. The normalized spacial score (nSPS) is 12.5. The Hall–Kier alpha value is 0.154. The predicted octanol–water partition coefficient (Wildman–Crippen LogP) is 4.84. The third-order valence-electron chi connectivity index (χ3n) is 4.84. The SMILES string of the molecule is CC[P+](CC)(CC)C(C)C(=O)Nc1c(C)cc(F)cc1C.[Y].